The van der Waals surface area contributed by atoms with Crippen LogP contribution >= 0.6 is 7.05 Å². The molecule has 25 heavy (non-hydrogen) atoms. The first kappa shape index (κ1) is 24.4. The van der Waals surface area contributed by atoms with E-state index in [1.165, 1.54) is 10.9 Å². The molecule has 1 heterocycles. The van der Waals surface area contributed by atoms with E-state index in [-0.39, 0.29) is 32.4 Å². The Morgan fingerprint density at radius 1 is 1.00 bits per heavy atom. The van der Waals surface area contributed by atoms with Gasteiger partial charge in [0.25, 0.3) is 0 Å². The number of para-hydroxylation sites is 1. The monoisotopic (exact) mass is 408 g/mol. The van der Waals surface area contributed by atoms with Gasteiger partial charge in [-0.3, -0.25) is 0 Å². The second-order valence-electron chi connectivity index (χ2n) is 7.80. The molecule has 0 aliphatic carbocycles. The van der Waals surface area contributed by atoms with E-state index >= 15 is 0 Å². The number of aromatic nitrogens is 1. The Labute approximate surface area is 168 Å². The van der Waals surface area contributed by atoms with Crippen molar-refractivity contribution in [2.75, 3.05) is 0 Å². The fourth-order valence-electron chi connectivity index (χ4n) is 3.13. The average molecular weight is 410 g/mol. The van der Waals surface area contributed by atoms with Gasteiger partial charge in [-0.2, -0.15) is 11.6 Å². The molecular formula is C21H33N2PZn. The van der Waals surface area contributed by atoms with Gasteiger partial charge in [-0.05, 0) is 50.7 Å². The quantitative estimate of drug-likeness (QED) is 0.303. The van der Waals surface area contributed by atoms with E-state index < -0.39 is 7.05 Å². The van der Waals surface area contributed by atoms with Crippen LogP contribution in [0.1, 0.15) is 54.0 Å². The third-order valence-corrected chi connectivity index (χ3v) is 9.08. The molecule has 0 unspecified atom stereocenters. The number of fused-ring (bicyclic) bond motifs is 1. The summed E-state index contributed by atoms with van der Waals surface area (Å²) in [6.45, 7) is 15.9. The summed E-state index contributed by atoms with van der Waals surface area (Å²) in [5.74, 6) is 0. The van der Waals surface area contributed by atoms with Crippen LogP contribution in [0.25, 0.3) is 10.9 Å². The zero-order valence-electron chi connectivity index (χ0n) is 17.2. The van der Waals surface area contributed by atoms with Gasteiger partial charge >= 0.3 is 19.5 Å². The Morgan fingerprint density at radius 3 is 2.08 bits per heavy atom. The number of pyridine rings is 1. The predicted octanol–water partition coefficient (Wildman–Crippen LogP) is 7.01. The van der Waals surface area contributed by atoms with Crippen molar-refractivity contribution >= 4 is 18.0 Å². The molecule has 2 aromatic rings. The van der Waals surface area contributed by atoms with Crippen molar-refractivity contribution in [1.29, 1.82) is 0 Å². The zero-order valence-corrected chi connectivity index (χ0v) is 21.1. The summed E-state index contributed by atoms with van der Waals surface area (Å²) in [6, 6.07) is 10.6. The number of hydrogen-bond acceptors (Lipinski definition) is 2. The zero-order chi connectivity index (χ0) is 17.3. The van der Waals surface area contributed by atoms with Crippen molar-refractivity contribution in [1.82, 2.24) is 4.98 Å². The van der Waals surface area contributed by atoms with Crippen molar-refractivity contribution in [3.8, 4) is 0 Å². The molecule has 4 heteroatoms. The molecule has 0 fully saturated rings. The molecule has 2 nitrogen and oxygen atoms in total. The minimum Gasteiger partial charge on any atom is -0.358 e. The minimum absolute atomic E-state index is 0. The Hall–Kier alpha value is -0.647. The van der Waals surface area contributed by atoms with Gasteiger partial charge in [-0.25, -0.2) is 0 Å². The van der Waals surface area contributed by atoms with Gasteiger partial charge in [0.1, 0.15) is 0 Å². The standard InChI is InChI=1S/C20H30N2P.CH3.Zn/c1-15(2)23(16(3)4,22-20(5,6)7)14-18-11-8-10-17-12-9-13-21-19(17)18;;/h8-16H,1-7H3;1H3;/q2*-1;+2. The molecular weight excluding hydrogens is 377 g/mol. The smallest absolute Gasteiger partial charge is 0.358 e. The summed E-state index contributed by atoms with van der Waals surface area (Å²) >= 11 is 0. The molecule has 0 aliphatic heterocycles. The Bertz CT molecular complexity index is 713. The molecule has 0 atom stereocenters. The van der Waals surface area contributed by atoms with Crippen molar-refractivity contribution in [2.24, 2.45) is 4.74 Å². The number of rotatable bonds is 4. The third kappa shape index (κ3) is 5.67. The molecule has 0 radical (unpaired) electrons. The normalized spacial score (nSPS) is 11.9. The summed E-state index contributed by atoms with van der Waals surface area (Å²) in [5, 5.41) is 1.20. The van der Waals surface area contributed by atoms with Crippen molar-refractivity contribution < 1.29 is 19.5 Å². The van der Waals surface area contributed by atoms with Gasteiger partial charge in [0.15, 0.2) is 0 Å². The van der Waals surface area contributed by atoms with E-state index in [1.54, 1.807) is 0 Å². The van der Waals surface area contributed by atoms with Gasteiger partial charge in [-0.15, -0.1) is 12.2 Å². The molecule has 1 aromatic heterocycles. The Balaban J connectivity index is 0.00000288. The summed E-state index contributed by atoms with van der Waals surface area (Å²) in [4.78, 5) is 4.63. The maximum atomic E-state index is 5.37. The second-order valence-corrected chi connectivity index (χ2v) is 11.9. The number of benzene rings is 1. The Morgan fingerprint density at radius 2 is 1.56 bits per heavy atom. The predicted molar refractivity (Wildman–Crippen MR) is 111 cm³/mol. The van der Waals surface area contributed by atoms with Gasteiger partial charge in [-0.1, -0.05) is 45.2 Å². The van der Waals surface area contributed by atoms with Gasteiger partial charge in [0, 0.05) is 6.20 Å². The van der Waals surface area contributed by atoms with E-state index in [1.807, 2.05) is 12.3 Å². The molecule has 1 aromatic carbocycles. The van der Waals surface area contributed by atoms with Crippen LogP contribution in [-0.4, -0.2) is 21.8 Å². The van der Waals surface area contributed by atoms with Gasteiger partial charge in [0.05, 0.1) is 5.54 Å². The summed E-state index contributed by atoms with van der Waals surface area (Å²) in [6.07, 6.45) is 4.34. The topological polar surface area (TPSA) is 25.2 Å². The van der Waals surface area contributed by atoms with Gasteiger partial charge in [0.2, 0.25) is 0 Å². The molecule has 0 spiro atoms. The van der Waals surface area contributed by atoms with Crippen molar-refractivity contribution in [3.63, 3.8) is 0 Å². The maximum Gasteiger partial charge on any atom is 2.00 e. The van der Waals surface area contributed by atoms with Crippen molar-refractivity contribution in [2.45, 2.75) is 65.3 Å². The molecule has 0 amide bonds. The molecule has 0 N–H and O–H groups in total. The molecule has 2 rings (SSSR count). The van der Waals surface area contributed by atoms with Crippen LogP contribution in [0.15, 0.2) is 41.3 Å². The van der Waals surface area contributed by atoms with Crippen LogP contribution in [0.3, 0.4) is 0 Å². The van der Waals surface area contributed by atoms with Crippen LogP contribution in [0.5, 0.6) is 0 Å². The molecule has 0 aliphatic rings. The molecule has 0 saturated carbocycles. The summed E-state index contributed by atoms with van der Waals surface area (Å²) in [5.41, 5.74) is 3.34. The first-order chi connectivity index (χ1) is 10.7. The summed E-state index contributed by atoms with van der Waals surface area (Å²) in [7, 11) is -1.63. The average Bonchev–Trinajstić information content (AvgIpc) is 2.45. The number of nitrogens with zero attached hydrogens (tertiary/aromatic N) is 2. The fraction of sp³-hybridized carbons (Fsp3) is 0.476. The van der Waals surface area contributed by atoms with Crippen LogP contribution in [0.4, 0.5) is 0 Å². The molecule has 0 bridgehead atoms. The molecule has 134 valence electrons. The first-order valence-corrected chi connectivity index (χ1v) is 10.4. The van der Waals surface area contributed by atoms with E-state index in [4.69, 9.17) is 4.74 Å². The largest absolute Gasteiger partial charge is 2.00 e. The van der Waals surface area contributed by atoms with E-state index in [0.717, 1.165) is 5.52 Å². The van der Waals surface area contributed by atoms with E-state index in [2.05, 4.69) is 83.9 Å². The van der Waals surface area contributed by atoms with Crippen LogP contribution < -0.4 is 0 Å². The van der Waals surface area contributed by atoms with Crippen molar-refractivity contribution in [3.05, 3.63) is 55.7 Å². The number of hydrogen-bond donors (Lipinski definition) is 0. The first-order valence-electron chi connectivity index (χ1n) is 8.48. The third-order valence-electron chi connectivity index (χ3n) is 4.14. The van der Waals surface area contributed by atoms with E-state index in [9.17, 15) is 0 Å². The SMILES string of the molecule is CC(C)P([CH-]c1cccc2cccnc12)(=NC(C)(C)C)C(C)C.[CH3-].[Zn+2]. The molecule has 0 saturated heterocycles. The van der Waals surface area contributed by atoms with Crippen LogP contribution in [0.2, 0.25) is 0 Å². The second kappa shape index (κ2) is 9.34. The fourth-order valence-corrected chi connectivity index (χ4v) is 7.13. The van der Waals surface area contributed by atoms with E-state index in [0.29, 0.717) is 11.3 Å². The van der Waals surface area contributed by atoms with Gasteiger partial charge < -0.3 is 17.2 Å². The summed E-state index contributed by atoms with van der Waals surface area (Å²) < 4.78 is 5.37. The maximum absolute atomic E-state index is 5.37. The minimum atomic E-state index is -1.63. The van der Waals surface area contributed by atoms with Crippen LogP contribution in [-0.2, 0) is 19.5 Å². The Kier molecular flexibility index (Phi) is 9.09. The van der Waals surface area contributed by atoms with Crippen LogP contribution in [0, 0.1) is 13.6 Å².